The van der Waals surface area contributed by atoms with E-state index in [2.05, 4.69) is 30.1 Å². The third-order valence-corrected chi connectivity index (χ3v) is 3.41. The molecule has 1 aromatic heterocycles. The Morgan fingerprint density at radius 2 is 1.90 bits per heavy atom. The maximum absolute atomic E-state index is 5.92. The maximum atomic E-state index is 5.92. The minimum Gasteiger partial charge on any atom is -0.470 e. The van der Waals surface area contributed by atoms with Gasteiger partial charge in [-0.05, 0) is 52.0 Å². The monoisotopic (exact) mass is 288 g/mol. The van der Waals surface area contributed by atoms with Crippen LogP contribution in [0.5, 0.6) is 5.88 Å². The van der Waals surface area contributed by atoms with Crippen molar-refractivity contribution in [3.63, 3.8) is 0 Å². The highest BCUT2D eigenvalue weighted by Gasteiger charge is 2.15. The molecule has 0 aliphatic carbocycles. The van der Waals surface area contributed by atoms with Gasteiger partial charge in [0.1, 0.15) is 10.6 Å². The molecule has 2 aromatic rings. The lowest BCUT2D eigenvalue weighted by Gasteiger charge is -2.21. The van der Waals surface area contributed by atoms with Crippen molar-refractivity contribution in [2.45, 2.75) is 43.2 Å². The van der Waals surface area contributed by atoms with Gasteiger partial charge in [0, 0.05) is 4.90 Å². The quantitative estimate of drug-likeness (QED) is 0.914. The number of nitrogens with zero attached hydrogens (tertiary/aromatic N) is 1. The van der Waals surface area contributed by atoms with Crippen molar-refractivity contribution in [2.75, 3.05) is 5.73 Å². The van der Waals surface area contributed by atoms with Crippen molar-refractivity contribution in [2.24, 2.45) is 0 Å². The summed E-state index contributed by atoms with van der Waals surface area (Å²) < 4.78 is 5.79. The molecule has 2 N–H and O–H groups in total. The van der Waals surface area contributed by atoms with E-state index in [1.54, 1.807) is 11.8 Å². The Morgan fingerprint density at radius 1 is 1.15 bits per heavy atom. The molecule has 0 saturated carbocycles. The highest BCUT2D eigenvalue weighted by Crippen LogP contribution is 2.31. The number of benzene rings is 1. The maximum Gasteiger partial charge on any atom is 0.238 e. The van der Waals surface area contributed by atoms with Gasteiger partial charge < -0.3 is 10.5 Å². The molecule has 2 rings (SSSR count). The summed E-state index contributed by atoms with van der Waals surface area (Å²) >= 11 is 1.60. The predicted octanol–water partition coefficient (Wildman–Crippen LogP) is 4.30. The van der Waals surface area contributed by atoms with Gasteiger partial charge in [-0.3, -0.25) is 0 Å². The zero-order chi connectivity index (χ0) is 14.8. The van der Waals surface area contributed by atoms with E-state index in [1.807, 2.05) is 39.0 Å². The van der Waals surface area contributed by atoms with Crippen molar-refractivity contribution < 1.29 is 4.74 Å². The largest absolute Gasteiger partial charge is 0.470 e. The van der Waals surface area contributed by atoms with Crippen LogP contribution in [0.2, 0.25) is 0 Å². The third-order valence-electron chi connectivity index (χ3n) is 2.48. The molecule has 0 spiro atoms. The van der Waals surface area contributed by atoms with Crippen LogP contribution in [0.1, 0.15) is 26.3 Å². The van der Waals surface area contributed by atoms with Gasteiger partial charge in [0.05, 0.1) is 5.69 Å². The smallest absolute Gasteiger partial charge is 0.238 e. The lowest BCUT2D eigenvalue weighted by Crippen LogP contribution is -2.24. The van der Waals surface area contributed by atoms with Gasteiger partial charge in [-0.25, -0.2) is 4.98 Å². The Kier molecular flexibility index (Phi) is 4.23. The van der Waals surface area contributed by atoms with E-state index >= 15 is 0 Å². The average molecular weight is 288 g/mol. The number of hydrogen-bond acceptors (Lipinski definition) is 4. The summed E-state index contributed by atoms with van der Waals surface area (Å²) in [6, 6.07) is 12.1. The second kappa shape index (κ2) is 5.75. The van der Waals surface area contributed by atoms with E-state index in [0.717, 1.165) is 9.92 Å². The van der Waals surface area contributed by atoms with Crippen LogP contribution in [-0.2, 0) is 0 Å². The molecular formula is C16H20N2OS. The Morgan fingerprint density at radius 3 is 2.55 bits per heavy atom. The number of nitrogens with two attached hydrogens (primary N) is 1. The average Bonchev–Trinajstić information content (AvgIpc) is 2.32. The van der Waals surface area contributed by atoms with Crippen LogP contribution in [0, 0.1) is 6.92 Å². The van der Waals surface area contributed by atoms with Gasteiger partial charge in [-0.2, -0.15) is 0 Å². The van der Waals surface area contributed by atoms with Crippen LogP contribution in [0.25, 0.3) is 0 Å². The van der Waals surface area contributed by atoms with Gasteiger partial charge >= 0.3 is 0 Å². The summed E-state index contributed by atoms with van der Waals surface area (Å²) in [6.07, 6.45) is 0. The highest BCUT2D eigenvalue weighted by molar-refractivity contribution is 7.99. The molecule has 0 amide bonds. The van der Waals surface area contributed by atoms with E-state index < -0.39 is 0 Å². The van der Waals surface area contributed by atoms with E-state index in [0.29, 0.717) is 11.6 Å². The fourth-order valence-corrected chi connectivity index (χ4v) is 2.56. The summed E-state index contributed by atoms with van der Waals surface area (Å²) in [7, 11) is 0. The number of anilines is 1. The predicted molar refractivity (Wildman–Crippen MR) is 84.3 cm³/mol. The summed E-state index contributed by atoms with van der Waals surface area (Å²) in [5, 5.41) is 0.879. The Bertz CT molecular complexity index is 606. The van der Waals surface area contributed by atoms with Crippen LogP contribution < -0.4 is 10.5 Å². The molecule has 0 radical (unpaired) electrons. The summed E-state index contributed by atoms with van der Waals surface area (Å²) in [5.74, 6) is 0.496. The summed E-state index contributed by atoms with van der Waals surface area (Å²) in [5.41, 5.74) is 7.40. The zero-order valence-corrected chi connectivity index (χ0v) is 13.1. The first-order valence-electron chi connectivity index (χ1n) is 6.53. The summed E-state index contributed by atoms with van der Waals surface area (Å²) in [6.45, 7) is 8.02. The van der Waals surface area contributed by atoms with E-state index in [1.165, 1.54) is 5.56 Å². The highest BCUT2D eigenvalue weighted by atomic mass is 32.2. The number of hydrogen-bond donors (Lipinski definition) is 1. The van der Waals surface area contributed by atoms with Crippen LogP contribution in [0.15, 0.2) is 46.3 Å². The number of aromatic nitrogens is 1. The normalized spacial score (nSPS) is 11.4. The molecule has 0 aliphatic rings. The van der Waals surface area contributed by atoms with Crippen LogP contribution in [0.4, 0.5) is 5.69 Å². The molecule has 0 bridgehead atoms. The SMILES string of the molecule is Cc1cccc(Sc2ccc(N)c(OC(C)(C)C)n2)c1. The number of ether oxygens (including phenoxy) is 1. The molecule has 20 heavy (non-hydrogen) atoms. The topological polar surface area (TPSA) is 48.1 Å². The molecule has 1 aromatic carbocycles. The number of aryl methyl sites for hydroxylation is 1. The fourth-order valence-electron chi connectivity index (χ4n) is 1.66. The first-order chi connectivity index (χ1) is 9.33. The lowest BCUT2D eigenvalue weighted by molar-refractivity contribution is 0.124. The van der Waals surface area contributed by atoms with Gasteiger partial charge in [-0.1, -0.05) is 29.5 Å². The number of nitrogen functional groups attached to an aromatic ring is 1. The Labute approximate surface area is 124 Å². The first kappa shape index (κ1) is 14.7. The van der Waals surface area contributed by atoms with Crippen molar-refractivity contribution in [3.05, 3.63) is 42.0 Å². The molecule has 106 valence electrons. The molecular weight excluding hydrogens is 268 g/mol. The molecule has 1 heterocycles. The molecule has 0 fully saturated rings. The van der Waals surface area contributed by atoms with Crippen LogP contribution in [-0.4, -0.2) is 10.6 Å². The van der Waals surface area contributed by atoms with Crippen molar-refractivity contribution in [1.82, 2.24) is 4.98 Å². The fraction of sp³-hybridized carbons (Fsp3) is 0.312. The standard InChI is InChI=1S/C16H20N2OS/c1-11-6-5-7-12(10-11)20-14-9-8-13(17)15(18-14)19-16(2,3)4/h5-10H,17H2,1-4H3. The number of rotatable bonds is 3. The van der Waals surface area contributed by atoms with Crippen LogP contribution >= 0.6 is 11.8 Å². The van der Waals surface area contributed by atoms with E-state index in [9.17, 15) is 0 Å². The van der Waals surface area contributed by atoms with Crippen LogP contribution in [0.3, 0.4) is 0 Å². The van der Waals surface area contributed by atoms with Crippen molar-refractivity contribution in [1.29, 1.82) is 0 Å². The second-order valence-corrected chi connectivity index (χ2v) is 6.77. The van der Waals surface area contributed by atoms with Gasteiger partial charge in [-0.15, -0.1) is 0 Å². The van der Waals surface area contributed by atoms with Gasteiger partial charge in [0.2, 0.25) is 5.88 Å². The van der Waals surface area contributed by atoms with E-state index in [-0.39, 0.29) is 5.60 Å². The second-order valence-electron chi connectivity index (χ2n) is 5.68. The zero-order valence-electron chi connectivity index (χ0n) is 12.3. The molecule has 0 unspecified atom stereocenters. The van der Waals surface area contributed by atoms with E-state index in [4.69, 9.17) is 10.5 Å². The molecule has 0 aliphatic heterocycles. The Hall–Kier alpha value is -1.68. The van der Waals surface area contributed by atoms with Gasteiger partial charge in [0.15, 0.2) is 0 Å². The first-order valence-corrected chi connectivity index (χ1v) is 7.35. The van der Waals surface area contributed by atoms with Gasteiger partial charge in [0.25, 0.3) is 0 Å². The molecule has 0 saturated heterocycles. The van der Waals surface area contributed by atoms with Crippen molar-refractivity contribution >= 4 is 17.4 Å². The van der Waals surface area contributed by atoms with Crippen molar-refractivity contribution in [3.8, 4) is 5.88 Å². The molecule has 4 heteroatoms. The molecule has 0 atom stereocenters. The number of pyridine rings is 1. The lowest BCUT2D eigenvalue weighted by atomic mass is 10.2. The minimum atomic E-state index is -0.312. The minimum absolute atomic E-state index is 0.312. The summed E-state index contributed by atoms with van der Waals surface area (Å²) in [4.78, 5) is 5.65. The Balaban J connectivity index is 2.23. The third kappa shape index (κ3) is 4.17. The molecule has 3 nitrogen and oxygen atoms in total.